The molecular formula is C16H33N3O. The summed E-state index contributed by atoms with van der Waals surface area (Å²) in [7, 11) is 2.15. The predicted octanol–water partition coefficient (Wildman–Crippen LogP) is 2.30. The smallest absolute Gasteiger partial charge is 0.241 e. The highest BCUT2D eigenvalue weighted by Crippen LogP contribution is 2.19. The Bertz CT molecular complexity index is 306. The molecule has 0 saturated carbocycles. The molecular weight excluding hydrogens is 250 g/mol. The molecule has 3 atom stereocenters. The molecule has 20 heavy (non-hydrogen) atoms. The second-order valence-corrected chi connectivity index (χ2v) is 6.54. The monoisotopic (exact) mass is 283 g/mol. The van der Waals surface area contributed by atoms with Crippen LogP contribution in [0.2, 0.25) is 0 Å². The second-order valence-electron chi connectivity index (χ2n) is 6.54. The van der Waals surface area contributed by atoms with Gasteiger partial charge in [0.1, 0.15) is 0 Å². The molecule has 1 N–H and O–H groups in total. The van der Waals surface area contributed by atoms with Gasteiger partial charge in [0.25, 0.3) is 0 Å². The average Bonchev–Trinajstić information content (AvgIpc) is 2.70. The lowest BCUT2D eigenvalue weighted by atomic mass is 10.1. The molecule has 4 nitrogen and oxygen atoms in total. The van der Waals surface area contributed by atoms with Crippen molar-refractivity contribution in [1.82, 2.24) is 15.1 Å². The van der Waals surface area contributed by atoms with Crippen molar-refractivity contribution in [2.24, 2.45) is 5.92 Å². The van der Waals surface area contributed by atoms with Crippen LogP contribution in [0.15, 0.2) is 0 Å². The summed E-state index contributed by atoms with van der Waals surface area (Å²) in [5.74, 6) is 0.890. The fraction of sp³-hybridized carbons (Fsp3) is 0.938. The van der Waals surface area contributed by atoms with Gasteiger partial charge in [-0.15, -0.1) is 0 Å². The number of hydrogen-bond donors (Lipinski definition) is 1. The van der Waals surface area contributed by atoms with E-state index in [9.17, 15) is 4.79 Å². The molecule has 1 aliphatic heterocycles. The number of rotatable bonds is 8. The van der Waals surface area contributed by atoms with Crippen LogP contribution in [0.4, 0.5) is 0 Å². The van der Waals surface area contributed by atoms with Gasteiger partial charge in [-0.05, 0) is 39.2 Å². The van der Waals surface area contributed by atoms with Crippen LogP contribution in [0.5, 0.6) is 0 Å². The Balaban J connectivity index is 2.60. The summed E-state index contributed by atoms with van der Waals surface area (Å²) in [6.07, 6.45) is 3.29. The van der Waals surface area contributed by atoms with Gasteiger partial charge in [-0.3, -0.25) is 10.1 Å². The van der Waals surface area contributed by atoms with Gasteiger partial charge in [-0.2, -0.15) is 0 Å². The summed E-state index contributed by atoms with van der Waals surface area (Å²) in [6.45, 7) is 12.7. The molecule has 1 saturated heterocycles. The van der Waals surface area contributed by atoms with E-state index >= 15 is 0 Å². The van der Waals surface area contributed by atoms with E-state index in [0.717, 1.165) is 32.4 Å². The Hall–Kier alpha value is -0.610. The Morgan fingerprint density at radius 3 is 2.45 bits per heavy atom. The largest absolute Gasteiger partial charge is 0.325 e. The molecule has 1 fully saturated rings. The molecule has 0 radical (unpaired) electrons. The van der Waals surface area contributed by atoms with Crippen molar-refractivity contribution in [3.8, 4) is 0 Å². The van der Waals surface area contributed by atoms with E-state index in [1.165, 1.54) is 0 Å². The summed E-state index contributed by atoms with van der Waals surface area (Å²) < 4.78 is 0. The van der Waals surface area contributed by atoms with Gasteiger partial charge in [0.2, 0.25) is 5.91 Å². The van der Waals surface area contributed by atoms with E-state index in [-0.39, 0.29) is 18.1 Å². The number of likely N-dealkylation sites (N-methyl/N-ethyl adjacent to an activating group) is 1. The van der Waals surface area contributed by atoms with Crippen molar-refractivity contribution >= 4 is 5.91 Å². The maximum Gasteiger partial charge on any atom is 0.241 e. The molecule has 0 aromatic rings. The van der Waals surface area contributed by atoms with Crippen LogP contribution in [0.3, 0.4) is 0 Å². The standard InChI is InChI=1S/C16H33N3O/c1-7-13(5)18(6)9-10-19-15(11-12(3)4)17-14(8-2)16(19)20/h12-15,17H,7-11H2,1-6H3. The lowest BCUT2D eigenvalue weighted by Gasteiger charge is -2.30. The minimum Gasteiger partial charge on any atom is -0.325 e. The minimum absolute atomic E-state index is 0.0210. The maximum absolute atomic E-state index is 12.4. The Labute approximate surface area is 124 Å². The molecule has 1 rings (SSSR count). The van der Waals surface area contributed by atoms with Crippen LogP contribution in [-0.4, -0.2) is 54.1 Å². The maximum atomic E-state index is 12.4. The Kier molecular flexibility index (Phi) is 6.96. The number of hydrogen-bond acceptors (Lipinski definition) is 3. The van der Waals surface area contributed by atoms with Crippen molar-refractivity contribution in [1.29, 1.82) is 0 Å². The number of amides is 1. The van der Waals surface area contributed by atoms with Gasteiger partial charge in [0.05, 0.1) is 12.2 Å². The SMILES string of the molecule is CCC1NC(CC(C)C)N(CCN(C)C(C)CC)C1=O. The molecule has 118 valence electrons. The Morgan fingerprint density at radius 1 is 1.30 bits per heavy atom. The highest BCUT2D eigenvalue weighted by molar-refractivity contribution is 5.84. The van der Waals surface area contributed by atoms with Crippen LogP contribution in [0.25, 0.3) is 0 Å². The van der Waals surface area contributed by atoms with Crippen molar-refractivity contribution < 1.29 is 4.79 Å². The summed E-state index contributed by atoms with van der Waals surface area (Å²) in [6, 6.07) is 0.596. The number of nitrogens with one attached hydrogen (secondary N) is 1. The second kappa shape index (κ2) is 7.99. The molecule has 1 amide bonds. The van der Waals surface area contributed by atoms with E-state index in [1.54, 1.807) is 0 Å². The van der Waals surface area contributed by atoms with Crippen molar-refractivity contribution in [2.75, 3.05) is 20.1 Å². The number of carbonyl (C=O) groups excluding carboxylic acids is 1. The van der Waals surface area contributed by atoms with Crippen molar-refractivity contribution in [3.05, 3.63) is 0 Å². The minimum atomic E-state index is 0.0210. The molecule has 0 aromatic carbocycles. The number of carbonyl (C=O) groups is 1. The first-order valence-corrected chi connectivity index (χ1v) is 8.17. The first-order chi connectivity index (χ1) is 9.40. The Morgan fingerprint density at radius 2 is 1.95 bits per heavy atom. The molecule has 4 heteroatoms. The van der Waals surface area contributed by atoms with Gasteiger partial charge >= 0.3 is 0 Å². The summed E-state index contributed by atoms with van der Waals surface area (Å²) in [4.78, 5) is 16.8. The molecule has 1 heterocycles. The lowest BCUT2D eigenvalue weighted by molar-refractivity contribution is -0.130. The van der Waals surface area contributed by atoms with E-state index in [1.807, 2.05) is 0 Å². The van der Waals surface area contributed by atoms with E-state index < -0.39 is 0 Å². The third-order valence-electron chi connectivity index (χ3n) is 4.49. The van der Waals surface area contributed by atoms with Gasteiger partial charge in [-0.25, -0.2) is 0 Å². The molecule has 1 aliphatic rings. The third-order valence-corrected chi connectivity index (χ3v) is 4.49. The zero-order chi connectivity index (χ0) is 15.3. The van der Waals surface area contributed by atoms with Gasteiger partial charge in [0.15, 0.2) is 0 Å². The van der Waals surface area contributed by atoms with E-state index in [2.05, 4.69) is 56.8 Å². The average molecular weight is 283 g/mol. The summed E-state index contributed by atoms with van der Waals surface area (Å²) in [5, 5.41) is 3.50. The highest BCUT2D eigenvalue weighted by atomic mass is 16.2. The molecule has 0 aliphatic carbocycles. The van der Waals surface area contributed by atoms with Crippen LogP contribution in [-0.2, 0) is 4.79 Å². The number of nitrogens with zero attached hydrogens (tertiary/aromatic N) is 2. The van der Waals surface area contributed by atoms with Crippen molar-refractivity contribution in [3.63, 3.8) is 0 Å². The lowest BCUT2D eigenvalue weighted by Crippen LogP contribution is -2.43. The topological polar surface area (TPSA) is 35.6 Å². The van der Waals surface area contributed by atoms with Crippen LogP contribution in [0.1, 0.15) is 53.9 Å². The summed E-state index contributed by atoms with van der Waals surface area (Å²) >= 11 is 0. The molecule has 3 unspecified atom stereocenters. The zero-order valence-corrected chi connectivity index (χ0v) is 14.1. The fourth-order valence-corrected chi connectivity index (χ4v) is 2.75. The van der Waals surface area contributed by atoms with Crippen LogP contribution in [0, 0.1) is 5.92 Å². The summed E-state index contributed by atoms with van der Waals surface area (Å²) in [5.41, 5.74) is 0. The fourth-order valence-electron chi connectivity index (χ4n) is 2.75. The first-order valence-electron chi connectivity index (χ1n) is 8.17. The van der Waals surface area contributed by atoms with Crippen molar-refractivity contribution in [2.45, 2.75) is 72.1 Å². The predicted molar refractivity (Wildman–Crippen MR) is 84.6 cm³/mol. The van der Waals surface area contributed by atoms with Crippen LogP contribution >= 0.6 is 0 Å². The normalized spacial score (nSPS) is 25.0. The molecule has 0 aromatic heterocycles. The van der Waals surface area contributed by atoms with E-state index in [4.69, 9.17) is 0 Å². The first kappa shape index (κ1) is 17.4. The van der Waals surface area contributed by atoms with E-state index in [0.29, 0.717) is 12.0 Å². The quantitative estimate of drug-likeness (QED) is 0.742. The van der Waals surface area contributed by atoms with Gasteiger partial charge < -0.3 is 9.80 Å². The highest BCUT2D eigenvalue weighted by Gasteiger charge is 2.37. The van der Waals surface area contributed by atoms with Gasteiger partial charge in [-0.1, -0.05) is 27.7 Å². The zero-order valence-electron chi connectivity index (χ0n) is 14.1. The van der Waals surface area contributed by atoms with Crippen LogP contribution < -0.4 is 5.32 Å². The molecule has 0 spiro atoms. The van der Waals surface area contributed by atoms with Gasteiger partial charge in [0, 0.05) is 19.1 Å². The third kappa shape index (κ3) is 4.45. The molecule has 0 bridgehead atoms.